The third-order valence-corrected chi connectivity index (χ3v) is 5.78. The zero-order chi connectivity index (χ0) is 21.9. The second-order valence-corrected chi connectivity index (χ2v) is 9.13. The van der Waals surface area contributed by atoms with Crippen molar-refractivity contribution in [3.63, 3.8) is 0 Å². The summed E-state index contributed by atoms with van der Waals surface area (Å²) in [4.78, 5) is 12.9. The number of esters is 1. The second kappa shape index (κ2) is 7.48. The Bertz CT molecular complexity index is 857. The molecule has 3 fully saturated rings. The first-order valence-electron chi connectivity index (χ1n) is 9.54. The molecule has 166 valence electrons. The lowest BCUT2D eigenvalue weighted by Gasteiger charge is -2.38. The number of ether oxygens (including phenoxy) is 7. The Hall–Kier alpha value is -1.13. The number of fused-ring (bicyclic) bond motifs is 3. The van der Waals surface area contributed by atoms with Crippen LogP contribution in [0.1, 0.15) is 38.1 Å². The van der Waals surface area contributed by atoms with Gasteiger partial charge in [0, 0.05) is 0 Å². The van der Waals surface area contributed by atoms with Crippen molar-refractivity contribution in [1.82, 2.24) is 0 Å². The molecule has 0 aliphatic carbocycles. The van der Waals surface area contributed by atoms with Crippen LogP contribution in [-0.2, 0) is 28.4 Å². The molecule has 1 aromatic rings. The molecular weight excluding hydrogens is 439 g/mol. The van der Waals surface area contributed by atoms with Crippen LogP contribution >= 0.6 is 23.2 Å². The van der Waals surface area contributed by atoms with Gasteiger partial charge in [-0.15, -0.1) is 0 Å². The number of halogens is 2. The first kappa shape index (κ1) is 22.1. The van der Waals surface area contributed by atoms with Gasteiger partial charge in [0.1, 0.15) is 30.5 Å². The molecule has 30 heavy (non-hydrogen) atoms. The van der Waals surface area contributed by atoms with Crippen LogP contribution in [0.2, 0.25) is 10.0 Å². The third kappa shape index (κ3) is 3.79. The van der Waals surface area contributed by atoms with Gasteiger partial charge >= 0.3 is 5.97 Å². The maximum Gasteiger partial charge on any atom is 0.343 e. The van der Waals surface area contributed by atoms with Crippen molar-refractivity contribution in [3.05, 3.63) is 27.7 Å². The van der Waals surface area contributed by atoms with E-state index in [1.165, 1.54) is 19.2 Å². The van der Waals surface area contributed by atoms with Gasteiger partial charge in [0.15, 0.2) is 17.3 Å². The summed E-state index contributed by atoms with van der Waals surface area (Å²) in [5.41, 5.74) is 0.0222. The summed E-state index contributed by atoms with van der Waals surface area (Å²) in [5.74, 6) is -3.70. The number of carbonyl (C=O) groups excluding carboxylic acids is 1. The van der Waals surface area contributed by atoms with E-state index in [1.54, 1.807) is 13.8 Å². The van der Waals surface area contributed by atoms with Gasteiger partial charge in [0.25, 0.3) is 0 Å². The van der Waals surface area contributed by atoms with Gasteiger partial charge in [0.05, 0.1) is 23.8 Å². The monoisotopic (exact) mass is 462 g/mol. The number of methoxy groups -OCH3 is 1. The number of benzene rings is 1. The van der Waals surface area contributed by atoms with Gasteiger partial charge in [-0.25, -0.2) is 4.79 Å². The highest BCUT2D eigenvalue weighted by Gasteiger charge is 2.68. The van der Waals surface area contributed by atoms with Crippen LogP contribution in [-0.4, -0.2) is 62.0 Å². The highest BCUT2D eigenvalue weighted by Crippen LogP contribution is 2.49. The molecule has 0 bridgehead atoms. The minimum atomic E-state index is -1.35. The molecule has 0 aromatic heterocycles. The van der Waals surface area contributed by atoms with E-state index < -0.39 is 41.6 Å². The van der Waals surface area contributed by atoms with Crippen molar-refractivity contribution in [1.29, 1.82) is 0 Å². The summed E-state index contributed by atoms with van der Waals surface area (Å²) in [7, 11) is 1.39. The largest absolute Gasteiger partial charge is 0.494 e. The molecule has 3 aliphatic heterocycles. The van der Waals surface area contributed by atoms with Crippen LogP contribution in [0.5, 0.6) is 5.75 Å². The third-order valence-electron chi connectivity index (χ3n) is 5.17. The molecule has 1 aromatic carbocycles. The van der Waals surface area contributed by atoms with E-state index in [4.69, 9.17) is 56.4 Å². The molecule has 10 heteroatoms. The van der Waals surface area contributed by atoms with Gasteiger partial charge < -0.3 is 33.2 Å². The molecule has 3 saturated heterocycles. The van der Waals surface area contributed by atoms with Gasteiger partial charge in [0.2, 0.25) is 5.79 Å². The fraction of sp³-hybridized carbons (Fsp3) is 0.650. The normalized spacial score (nSPS) is 33.6. The lowest BCUT2D eigenvalue weighted by Crippen LogP contribution is -2.51. The molecule has 0 amide bonds. The predicted octanol–water partition coefficient (Wildman–Crippen LogP) is 3.56. The predicted molar refractivity (Wildman–Crippen MR) is 106 cm³/mol. The first-order chi connectivity index (χ1) is 14.0. The van der Waals surface area contributed by atoms with Crippen LogP contribution in [0.25, 0.3) is 0 Å². The standard InChI is InChI=1S/C20H24Cl2O8/c1-18(2)26-8-12-15(28-18)16-20(27-12,30-19(3,4)29-16)9-25-17(23)13-10(21)6-7-11(22)14(13)24-5/h6-7,12,15-16H,8-9H2,1-5H3/t12-,15+,16-,20-/m0/s1. The summed E-state index contributed by atoms with van der Waals surface area (Å²) in [6.45, 7) is 7.20. The van der Waals surface area contributed by atoms with E-state index in [0.29, 0.717) is 6.61 Å². The van der Waals surface area contributed by atoms with Crippen LogP contribution in [0, 0.1) is 0 Å². The summed E-state index contributed by atoms with van der Waals surface area (Å²) < 4.78 is 40.8. The van der Waals surface area contributed by atoms with Crippen molar-refractivity contribution >= 4 is 29.2 Å². The summed E-state index contributed by atoms with van der Waals surface area (Å²) >= 11 is 12.3. The highest BCUT2D eigenvalue weighted by atomic mass is 35.5. The van der Waals surface area contributed by atoms with E-state index in [-0.39, 0.29) is 28.0 Å². The van der Waals surface area contributed by atoms with E-state index >= 15 is 0 Å². The average molecular weight is 463 g/mol. The van der Waals surface area contributed by atoms with E-state index in [0.717, 1.165) is 0 Å². The van der Waals surface area contributed by atoms with Crippen LogP contribution < -0.4 is 4.74 Å². The Kier molecular flexibility index (Phi) is 5.50. The quantitative estimate of drug-likeness (QED) is 0.628. The topological polar surface area (TPSA) is 81.7 Å². The van der Waals surface area contributed by atoms with Crippen LogP contribution in [0.4, 0.5) is 0 Å². The zero-order valence-corrected chi connectivity index (χ0v) is 18.8. The van der Waals surface area contributed by atoms with Gasteiger partial charge in [-0.1, -0.05) is 23.2 Å². The number of rotatable bonds is 4. The Morgan fingerprint density at radius 2 is 1.80 bits per heavy atom. The second-order valence-electron chi connectivity index (χ2n) is 8.32. The molecule has 3 aliphatic rings. The lowest BCUT2D eigenvalue weighted by molar-refractivity contribution is -0.330. The molecular formula is C20H24Cl2O8. The Balaban J connectivity index is 1.58. The highest BCUT2D eigenvalue weighted by molar-refractivity contribution is 6.37. The lowest BCUT2D eigenvalue weighted by atomic mass is 10.0. The SMILES string of the molecule is COc1c(Cl)ccc(Cl)c1C(=O)OC[C@@]12O[C@H]3COC(C)(C)O[C@H]3[C@@H]1OC(C)(C)O2. The molecule has 3 heterocycles. The van der Waals surface area contributed by atoms with E-state index in [1.807, 2.05) is 13.8 Å². The molecule has 0 N–H and O–H groups in total. The summed E-state index contributed by atoms with van der Waals surface area (Å²) in [5, 5.41) is 0.390. The van der Waals surface area contributed by atoms with Gasteiger partial charge in [-0.2, -0.15) is 0 Å². The molecule has 0 saturated carbocycles. The van der Waals surface area contributed by atoms with Crippen molar-refractivity contribution in [2.75, 3.05) is 20.3 Å². The number of hydrogen-bond acceptors (Lipinski definition) is 8. The molecule has 4 atom stereocenters. The minimum absolute atomic E-state index is 0.0222. The minimum Gasteiger partial charge on any atom is -0.494 e. The maximum atomic E-state index is 12.9. The summed E-state index contributed by atoms with van der Waals surface area (Å²) in [6, 6.07) is 3.03. The molecule has 0 unspecified atom stereocenters. The van der Waals surface area contributed by atoms with Gasteiger partial charge in [-0.3, -0.25) is 0 Å². The molecule has 4 rings (SSSR count). The summed E-state index contributed by atoms with van der Waals surface area (Å²) in [6.07, 6.45) is -1.49. The Morgan fingerprint density at radius 3 is 2.50 bits per heavy atom. The van der Waals surface area contributed by atoms with E-state index in [2.05, 4.69) is 0 Å². The smallest absolute Gasteiger partial charge is 0.343 e. The average Bonchev–Trinajstić information content (AvgIpc) is 3.08. The Morgan fingerprint density at radius 1 is 1.10 bits per heavy atom. The fourth-order valence-corrected chi connectivity index (χ4v) is 4.50. The number of carbonyl (C=O) groups is 1. The molecule has 8 nitrogen and oxygen atoms in total. The van der Waals surface area contributed by atoms with Crippen LogP contribution in [0.3, 0.4) is 0 Å². The van der Waals surface area contributed by atoms with Crippen molar-refractivity contribution in [2.45, 2.75) is 63.4 Å². The van der Waals surface area contributed by atoms with E-state index in [9.17, 15) is 4.79 Å². The van der Waals surface area contributed by atoms with Crippen molar-refractivity contribution in [2.24, 2.45) is 0 Å². The number of hydrogen-bond donors (Lipinski definition) is 0. The fourth-order valence-electron chi connectivity index (χ4n) is 4.04. The van der Waals surface area contributed by atoms with Crippen molar-refractivity contribution in [3.8, 4) is 5.75 Å². The van der Waals surface area contributed by atoms with Crippen molar-refractivity contribution < 1.29 is 38.0 Å². The van der Waals surface area contributed by atoms with Crippen LogP contribution in [0.15, 0.2) is 12.1 Å². The van der Waals surface area contributed by atoms with Gasteiger partial charge in [-0.05, 0) is 39.8 Å². The maximum absolute atomic E-state index is 12.9. The first-order valence-corrected chi connectivity index (χ1v) is 10.3. The Labute approximate surface area is 184 Å². The molecule has 0 radical (unpaired) electrons. The molecule has 0 spiro atoms. The zero-order valence-electron chi connectivity index (χ0n) is 17.3.